The molecule has 1 aliphatic carbocycles. The molecule has 2 N–H and O–H groups in total. The zero-order valence-electron chi connectivity index (χ0n) is 17.0. The normalized spacial score (nSPS) is 27.1. The molecule has 1 amide bonds. The molecule has 2 fully saturated rings. The van der Waals surface area contributed by atoms with Crippen LogP contribution in [0.15, 0.2) is 54.6 Å². The summed E-state index contributed by atoms with van der Waals surface area (Å²) in [5, 5.41) is 14.4. The Morgan fingerprint density at radius 2 is 1.90 bits per heavy atom. The number of piperidine rings is 1. The number of anilines is 1. The average Bonchev–Trinajstić information content (AvgIpc) is 2.74. The molecular formula is C24H30N2O3. The van der Waals surface area contributed by atoms with Crippen LogP contribution in [0.4, 0.5) is 5.69 Å². The van der Waals surface area contributed by atoms with Crippen molar-refractivity contribution in [1.82, 2.24) is 4.90 Å². The molecule has 0 unspecified atom stereocenters. The lowest BCUT2D eigenvalue weighted by Gasteiger charge is -2.52. The largest absolute Gasteiger partial charge is 0.496 e. The Labute approximate surface area is 172 Å². The van der Waals surface area contributed by atoms with Crippen molar-refractivity contribution in [3.8, 4) is 5.75 Å². The van der Waals surface area contributed by atoms with E-state index in [0.717, 1.165) is 42.7 Å². The Hall–Kier alpha value is -2.37. The molecule has 1 heterocycles. The van der Waals surface area contributed by atoms with E-state index in [9.17, 15) is 9.90 Å². The number of methoxy groups -OCH3 is 1. The minimum absolute atomic E-state index is 0.0302. The van der Waals surface area contributed by atoms with Gasteiger partial charge < -0.3 is 15.2 Å². The number of nitrogens with one attached hydrogen (secondary N) is 1. The first-order valence-corrected chi connectivity index (χ1v) is 10.5. The van der Waals surface area contributed by atoms with Crippen molar-refractivity contribution >= 4 is 11.6 Å². The number of likely N-dealkylation sites (tertiary alicyclic amines) is 1. The van der Waals surface area contributed by atoms with Gasteiger partial charge in [-0.25, -0.2) is 0 Å². The highest BCUT2D eigenvalue weighted by Gasteiger charge is 2.49. The molecule has 154 valence electrons. The van der Waals surface area contributed by atoms with E-state index in [4.69, 9.17) is 4.74 Å². The summed E-state index contributed by atoms with van der Waals surface area (Å²) in [5.41, 5.74) is 1.21. The summed E-state index contributed by atoms with van der Waals surface area (Å²) >= 11 is 0. The van der Waals surface area contributed by atoms with Gasteiger partial charge in [-0.3, -0.25) is 9.69 Å². The number of nitrogens with zero attached hydrogens (tertiary/aromatic N) is 1. The quantitative estimate of drug-likeness (QED) is 0.805. The average molecular weight is 395 g/mol. The van der Waals surface area contributed by atoms with Gasteiger partial charge in [0.15, 0.2) is 0 Å². The maximum absolute atomic E-state index is 12.8. The van der Waals surface area contributed by atoms with Crippen molar-refractivity contribution in [3.63, 3.8) is 0 Å². The molecule has 0 aromatic heterocycles. The van der Waals surface area contributed by atoms with Crippen LogP contribution in [-0.4, -0.2) is 41.7 Å². The summed E-state index contributed by atoms with van der Waals surface area (Å²) in [7, 11) is 1.68. The third kappa shape index (κ3) is 4.16. The maximum atomic E-state index is 12.8. The number of benzene rings is 2. The zero-order chi connectivity index (χ0) is 20.3. The van der Waals surface area contributed by atoms with Crippen LogP contribution in [0, 0.1) is 5.92 Å². The summed E-state index contributed by atoms with van der Waals surface area (Å²) in [6, 6.07) is 17.5. The smallest absolute Gasteiger partial charge is 0.238 e. The van der Waals surface area contributed by atoms with E-state index in [1.54, 1.807) is 7.11 Å². The van der Waals surface area contributed by atoms with Crippen LogP contribution in [0.5, 0.6) is 5.75 Å². The molecule has 3 atom stereocenters. The standard InChI is InChI=1S/C24H30N2O3/c1-29-21-13-6-5-11-19(21)23-20-12-7-8-14-24(20,28)15-16-26(23)17-22(27)25-18-9-3-2-4-10-18/h2-6,9-11,13,20,23,28H,7-8,12,14-17H2,1H3,(H,25,27)/t20-,23-,24-/m1/s1. The van der Waals surface area contributed by atoms with E-state index in [2.05, 4.69) is 16.3 Å². The van der Waals surface area contributed by atoms with Crippen LogP contribution in [0.2, 0.25) is 0 Å². The van der Waals surface area contributed by atoms with Crippen molar-refractivity contribution in [1.29, 1.82) is 0 Å². The van der Waals surface area contributed by atoms with Crippen LogP contribution >= 0.6 is 0 Å². The first-order valence-electron chi connectivity index (χ1n) is 10.5. The van der Waals surface area contributed by atoms with Crippen molar-refractivity contribution in [2.24, 2.45) is 5.92 Å². The molecular weight excluding hydrogens is 364 g/mol. The summed E-state index contributed by atoms with van der Waals surface area (Å²) in [4.78, 5) is 15.0. The van der Waals surface area contributed by atoms with E-state index < -0.39 is 5.60 Å². The Morgan fingerprint density at radius 1 is 1.14 bits per heavy atom. The maximum Gasteiger partial charge on any atom is 0.238 e. The van der Waals surface area contributed by atoms with Gasteiger partial charge >= 0.3 is 0 Å². The number of carbonyl (C=O) groups is 1. The third-order valence-corrected chi connectivity index (χ3v) is 6.53. The fourth-order valence-electron chi connectivity index (χ4n) is 5.15. The Bertz CT molecular complexity index is 841. The molecule has 5 nitrogen and oxygen atoms in total. The fraction of sp³-hybridized carbons (Fsp3) is 0.458. The minimum atomic E-state index is -0.657. The van der Waals surface area contributed by atoms with Gasteiger partial charge in [-0.2, -0.15) is 0 Å². The minimum Gasteiger partial charge on any atom is -0.496 e. The van der Waals surface area contributed by atoms with Gasteiger partial charge in [0.25, 0.3) is 0 Å². The van der Waals surface area contributed by atoms with Gasteiger partial charge in [0.2, 0.25) is 5.91 Å². The molecule has 0 radical (unpaired) electrons. The number of hydrogen-bond donors (Lipinski definition) is 2. The van der Waals surface area contributed by atoms with Gasteiger partial charge in [-0.1, -0.05) is 49.2 Å². The van der Waals surface area contributed by atoms with E-state index in [1.165, 1.54) is 0 Å². The topological polar surface area (TPSA) is 61.8 Å². The van der Waals surface area contributed by atoms with Crippen LogP contribution in [-0.2, 0) is 4.79 Å². The van der Waals surface area contributed by atoms with Crippen LogP contribution in [0.1, 0.15) is 43.7 Å². The van der Waals surface area contributed by atoms with Gasteiger partial charge in [0.05, 0.1) is 19.3 Å². The molecule has 0 spiro atoms. The van der Waals surface area contributed by atoms with Crippen molar-refractivity contribution in [2.45, 2.75) is 43.7 Å². The molecule has 1 saturated carbocycles. The van der Waals surface area contributed by atoms with E-state index in [0.29, 0.717) is 19.5 Å². The highest BCUT2D eigenvalue weighted by Crippen LogP contribution is 2.50. The monoisotopic (exact) mass is 394 g/mol. The summed E-state index contributed by atoms with van der Waals surface area (Å²) in [5.74, 6) is 0.893. The number of hydrogen-bond acceptors (Lipinski definition) is 4. The number of carbonyl (C=O) groups excluding carboxylic acids is 1. The van der Waals surface area contributed by atoms with Gasteiger partial charge in [0.1, 0.15) is 5.75 Å². The number of para-hydroxylation sites is 2. The van der Waals surface area contributed by atoms with Gasteiger partial charge in [-0.15, -0.1) is 0 Å². The highest BCUT2D eigenvalue weighted by atomic mass is 16.5. The number of ether oxygens (including phenoxy) is 1. The predicted octanol–water partition coefficient (Wildman–Crippen LogP) is 4.00. The summed E-state index contributed by atoms with van der Waals surface area (Å²) in [6.45, 7) is 0.988. The molecule has 1 aliphatic heterocycles. The molecule has 29 heavy (non-hydrogen) atoms. The Balaban J connectivity index is 1.61. The van der Waals surface area contributed by atoms with E-state index >= 15 is 0 Å². The fourth-order valence-corrected chi connectivity index (χ4v) is 5.15. The number of amides is 1. The van der Waals surface area contributed by atoms with E-state index in [1.807, 2.05) is 48.5 Å². The second kappa shape index (κ2) is 8.56. The lowest BCUT2D eigenvalue weighted by molar-refractivity contribution is -0.135. The lowest BCUT2D eigenvalue weighted by Crippen LogP contribution is -2.56. The number of rotatable bonds is 5. The Kier molecular flexibility index (Phi) is 5.88. The van der Waals surface area contributed by atoms with Crippen molar-refractivity contribution in [3.05, 3.63) is 60.2 Å². The Morgan fingerprint density at radius 3 is 2.69 bits per heavy atom. The molecule has 5 heteroatoms. The SMILES string of the molecule is COc1ccccc1[C@@H]1[C@H]2CCCC[C@@]2(O)CCN1CC(=O)Nc1ccccc1. The van der Waals surface area contributed by atoms with Crippen LogP contribution in [0.25, 0.3) is 0 Å². The zero-order valence-corrected chi connectivity index (χ0v) is 17.0. The van der Waals surface area contributed by atoms with Crippen LogP contribution < -0.4 is 10.1 Å². The second-order valence-electron chi connectivity index (χ2n) is 8.28. The first kappa shape index (κ1) is 19.9. The molecule has 2 aromatic rings. The number of fused-ring (bicyclic) bond motifs is 1. The molecule has 1 saturated heterocycles. The molecule has 2 aromatic carbocycles. The third-order valence-electron chi connectivity index (χ3n) is 6.53. The summed E-state index contributed by atoms with van der Waals surface area (Å²) in [6.07, 6.45) is 4.70. The second-order valence-corrected chi connectivity index (χ2v) is 8.28. The van der Waals surface area contributed by atoms with Gasteiger partial charge in [0, 0.05) is 29.8 Å². The molecule has 4 rings (SSSR count). The number of aliphatic hydroxyl groups is 1. The molecule has 0 bridgehead atoms. The highest BCUT2D eigenvalue weighted by molar-refractivity contribution is 5.92. The molecule has 2 aliphatic rings. The van der Waals surface area contributed by atoms with Gasteiger partial charge in [-0.05, 0) is 37.5 Å². The van der Waals surface area contributed by atoms with Crippen LogP contribution in [0.3, 0.4) is 0 Å². The first-order chi connectivity index (χ1) is 14.1. The lowest BCUT2D eigenvalue weighted by atomic mass is 9.66. The van der Waals surface area contributed by atoms with Crippen molar-refractivity contribution < 1.29 is 14.6 Å². The predicted molar refractivity (Wildman–Crippen MR) is 114 cm³/mol. The summed E-state index contributed by atoms with van der Waals surface area (Å²) < 4.78 is 5.65. The van der Waals surface area contributed by atoms with E-state index in [-0.39, 0.29) is 17.9 Å². The van der Waals surface area contributed by atoms with Crippen molar-refractivity contribution in [2.75, 3.05) is 25.5 Å².